The molecule has 112 valence electrons. The molecule has 0 bridgehead atoms. The molecule has 1 amide bonds. The first-order valence-electron chi connectivity index (χ1n) is 7.73. The molecule has 0 aliphatic carbocycles. The molecule has 0 aromatic heterocycles. The Morgan fingerprint density at radius 2 is 1.90 bits per heavy atom. The number of rotatable bonds is 9. The van der Waals surface area contributed by atoms with Crippen molar-refractivity contribution in [3.05, 3.63) is 35.9 Å². The van der Waals surface area contributed by atoms with Crippen molar-refractivity contribution in [2.45, 2.75) is 64.5 Å². The molecule has 0 aliphatic heterocycles. The van der Waals surface area contributed by atoms with Crippen LogP contribution < -0.4 is 11.1 Å². The zero-order valence-electron chi connectivity index (χ0n) is 12.8. The SMILES string of the molecule is CCCCCC(C)NC(=O)CCC(N)c1ccccc1. The summed E-state index contributed by atoms with van der Waals surface area (Å²) in [5, 5.41) is 3.05. The second kappa shape index (κ2) is 9.54. The maximum atomic E-state index is 11.9. The van der Waals surface area contributed by atoms with Crippen LogP contribution in [0.25, 0.3) is 0 Å². The number of amides is 1. The Morgan fingerprint density at radius 3 is 2.55 bits per heavy atom. The second-order valence-electron chi connectivity index (χ2n) is 5.52. The predicted octanol–water partition coefficient (Wildman–Crippen LogP) is 3.55. The van der Waals surface area contributed by atoms with Gasteiger partial charge in [-0.3, -0.25) is 4.79 Å². The van der Waals surface area contributed by atoms with Gasteiger partial charge in [0, 0.05) is 18.5 Å². The summed E-state index contributed by atoms with van der Waals surface area (Å²) in [7, 11) is 0. The normalized spacial score (nSPS) is 13.8. The summed E-state index contributed by atoms with van der Waals surface area (Å²) < 4.78 is 0. The molecule has 0 saturated heterocycles. The minimum atomic E-state index is -0.0580. The van der Waals surface area contributed by atoms with Crippen LogP contribution in [0.3, 0.4) is 0 Å². The Kier molecular flexibility index (Phi) is 7.97. The van der Waals surface area contributed by atoms with Crippen molar-refractivity contribution in [2.24, 2.45) is 5.73 Å². The van der Waals surface area contributed by atoms with E-state index in [4.69, 9.17) is 5.73 Å². The smallest absolute Gasteiger partial charge is 0.220 e. The first-order valence-corrected chi connectivity index (χ1v) is 7.73. The number of carbonyl (C=O) groups is 1. The van der Waals surface area contributed by atoms with Crippen molar-refractivity contribution < 1.29 is 4.79 Å². The Balaban J connectivity index is 2.22. The standard InChI is InChI=1S/C17H28N2O/c1-3-4-6-9-14(2)19-17(20)13-12-16(18)15-10-7-5-8-11-15/h5,7-8,10-11,14,16H,3-4,6,9,12-13,18H2,1-2H3,(H,19,20). The molecule has 2 unspecified atom stereocenters. The molecule has 0 heterocycles. The van der Waals surface area contributed by atoms with E-state index in [2.05, 4.69) is 19.2 Å². The van der Waals surface area contributed by atoms with Crippen LogP contribution in [0.1, 0.15) is 64.0 Å². The van der Waals surface area contributed by atoms with E-state index in [-0.39, 0.29) is 18.0 Å². The number of unbranched alkanes of at least 4 members (excludes halogenated alkanes) is 2. The fourth-order valence-electron chi connectivity index (χ4n) is 2.27. The molecule has 2 atom stereocenters. The van der Waals surface area contributed by atoms with Crippen LogP contribution in [0.15, 0.2) is 30.3 Å². The summed E-state index contributed by atoms with van der Waals surface area (Å²) in [6.45, 7) is 4.26. The zero-order valence-corrected chi connectivity index (χ0v) is 12.8. The van der Waals surface area contributed by atoms with Gasteiger partial charge in [-0.25, -0.2) is 0 Å². The highest BCUT2D eigenvalue weighted by Crippen LogP contribution is 2.15. The van der Waals surface area contributed by atoms with Gasteiger partial charge in [-0.1, -0.05) is 56.5 Å². The van der Waals surface area contributed by atoms with Crippen LogP contribution >= 0.6 is 0 Å². The highest BCUT2D eigenvalue weighted by atomic mass is 16.1. The van der Waals surface area contributed by atoms with Gasteiger partial charge >= 0.3 is 0 Å². The van der Waals surface area contributed by atoms with Gasteiger partial charge in [0.25, 0.3) is 0 Å². The summed E-state index contributed by atoms with van der Waals surface area (Å²) in [5.74, 6) is 0.111. The molecule has 1 aromatic carbocycles. The van der Waals surface area contributed by atoms with Gasteiger partial charge in [-0.2, -0.15) is 0 Å². The Labute approximate surface area is 122 Å². The summed E-state index contributed by atoms with van der Waals surface area (Å²) in [4.78, 5) is 11.9. The van der Waals surface area contributed by atoms with Crippen LogP contribution in [0.4, 0.5) is 0 Å². The fourth-order valence-corrected chi connectivity index (χ4v) is 2.27. The van der Waals surface area contributed by atoms with E-state index in [0.717, 1.165) is 12.0 Å². The lowest BCUT2D eigenvalue weighted by Gasteiger charge is -2.15. The molecule has 0 fully saturated rings. The minimum Gasteiger partial charge on any atom is -0.354 e. The largest absolute Gasteiger partial charge is 0.354 e. The van der Waals surface area contributed by atoms with Crippen LogP contribution in [-0.4, -0.2) is 11.9 Å². The second-order valence-corrected chi connectivity index (χ2v) is 5.52. The average Bonchev–Trinajstić information content (AvgIpc) is 2.46. The van der Waals surface area contributed by atoms with Gasteiger partial charge in [0.05, 0.1) is 0 Å². The van der Waals surface area contributed by atoms with Crippen LogP contribution in [0.2, 0.25) is 0 Å². The maximum absolute atomic E-state index is 11.9. The van der Waals surface area contributed by atoms with Crippen LogP contribution in [0.5, 0.6) is 0 Å². The van der Waals surface area contributed by atoms with Crippen molar-refractivity contribution in [3.8, 4) is 0 Å². The third-order valence-corrected chi connectivity index (χ3v) is 3.56. The van der Waals surface area contributed by atoms with E-state index in [1.807, 2.05) is 30.3 Å². The monoisotopic (exact) mass is 276 g/mol. The van der Waals surface area contributed by atoms with E-state index in [1.165, 1.54) is 19.3 Å². The summed E-state index contributed by atoms with van der Waals surface area (Å²) in [6.07, 6.45) is 5.88. The van der Waals surface area contributed by atoms with E-state index in [0.29, 0.717) is 12.8 Å². The Bertz CT molecular complexity index is 378. The molecule has 3 heteroatoms. The van der Waals surface area contributed by atoms with E-state index < -0.39 is 0 Å². The molecule has 3 N–H and O–H groups in total. The van der Waals surface area contributed by atoms with Crippen molar-refractivity contribution >= 4 is 5.91 Å². The highest BCUT2D eigenvalue weighted by molar-refractivity contribution is 5.76. The molecule has 0 spiro atoms. The van der Waals surface area contributed by atoms with E-state index in [1.54, 1.807) is 0 Å². The number of hydrogen-bond acceptors (Lipinski definition) is 2. The number of hydrogen-bond donors (Lipinski definition) is 2. The molecule has 0 radical (unpaired) electrons. The first-order chi connectivity index (χ1) is 9.63. The molecule has 1 rings (SSSR count). The molecular weight excluding hydrogens is 248 g/mol. The van der Waals surface area contributed by atoms with Crippen molar-refractivity contribution in [2.75, 3.05) is 0 Å². The lowest BCUT2D eigenvalue weighted by atomic mass is 10.0. The summed E-state index contributed by atoms with van der Waals surface area (Å²) >= 11 is 0. The lowest BCUT2D eigenvalue weighted by molar-refractivity contribution is -0.121. The number of benzene rings is 1. The van der Waals surface area contributed by atoms with Crippen molar-refractivity contribution in [1.29, 1.82) is 0 Å². The zero-order chi connectivity index (χ0) is 14.8. The van der Waals surface area contributed by atoms with Gasteiger partial charge < -0.3 is 11.1 Å². The van der Waals surface area contributed by atoms with Crippen LogP contribution in [0, 0.1) is 0 Å². The molecule has 0 aliphatic rings. The maximum Gasteiger partial charge on any atom is 0.220 e. The van der Waals surface area contributed by atoms with Gasteiger partial charge in [0.1, 0.15) is 0 Å². The average molecular weight is 276 g/mol. The Morgan fingerprint density at radius 1 is 1.20 bits per heavy atom. The topological polar surface area (TPSA) is 55.1 Å². The van der Waals surface area contributed by atoms with E-state index in [9.17, 15) is 4.79 Å². The molecule has 20 heavy (non-hydrogen) atoms. The fraction of sp³-hybridized carbons (Fsp3) is 0.588. The minimum absolute atomic E-state index is 0.0580. The van der Waals surface area contributed by atoms with Gasteiger partial charge in [-0.15, -0.1) is 0 Å². The van der Waals surface area contributed by atoms with E-state index >= 15 is 0 Å². The molecule has 0 saturated carbocycles. The number of nitrogens with one attached hydrogen (secondary N) is 1. The van der Waals surface area contributed by atoms with Gasteiger partial charge in [0.2, 0.25) is 5.91 Å². The third kappa shape index (κ3) is 6.71. The first kappa shape index (κ1) is 16.7. The summed E-state index contributed by atoms with van der Waals surface area (Å²) in [6, 6.07) is 10.2. The van der Waals surface area contributed by atoms with Crippen LogP contribution in [-0.2, 0) is 4.79 Å². The quantitative estimate of drug-likeness (QED) is 0.678. The Hall–Kier alpha value is -1.35. The third-order valence-electron chi connectivity index (χ3n) is 3.56. The lowest BCUT2D eigenvalue weighted by Crippen LogP contribution is -2.32. The van der Waals surface area contributed by atoms with Crippen molar-refractivity contribution in [1.82, 2.24) is 5.32 Å². The number of nitrogens with two attached hydrogens (primary N) is 1. The molecule has 3 nitrogen and oxygen atoms in total. The van der Waals surface area contributed by atoms with Gasteiger partial charge in [-0.05, 0) is 25.3 Å². The predicted molar refractivity (Wildman–Crippen MR) is 84.4 cm³/mol. The molecule has 1 aromatic rings. The highest BCUT2D eigenvalue weighted by Gasteiger charge is 2.10. The number of carbonyl (C=O) groups excluding carboxylic acids is 1. The van der Waals surface area contributed by atoms with Gasteiger partial charge in [0.15, 0.2) is 0 Å². The van der Waals surface area contributed by atoms with Crippen molar-refractivity contribution in [3.63, 3.8) is 0 Å². The molecular formula is C17H28N2O. The summed E-state index contributed by atoms with van der Waals surface area (Å²) in [5.41, 5.74) is 7.19.